The topological polar surface area (TPSA) is 72.4 Å². The van der Waals surface area contributed by atoms with E-state index in [2.05, 4.69) is 9.97 Å². The second-order valence-electron chi connectivity index (χ2n) is 6.10. The summed E-state index contributed by atoms with van der Waals surface area (Å²) in [6.07, 6.45) is 1.51. The summed E-state index contributed by atoms with van der Waals surface area (Å²) in [6, 6.07) is 11.6. The van der Waals surface area contributed by atoms with E-state index < -0.39 is 0 Å². The van der Waals surface area contributed by atoms with Crippen LogP contribution in [0.4, 0.5) is 5.13 Å². The van der Waals surface area contributed by atoms with E-state index in [-0.39, 0.29) is 24.9 Å². The van der Waals surface area contributed by atoms with Crippen molar-refractivity contribution in [1.29, 1.82) is 0 Å². The van der Waals surface area contributed by atoms with Gasteiger partial charge in [-0.05, 0) is 18.6 Å². The van der Waals surface area contributed by atoms with Crippen LogP contribution < -0.4 is 4.90 Å². The van der Waals surface area contributed by atoms with Crippen molar-refractivity contribution >= 4 is 39.2 Å². The van der Waals surface area contributed by atoms with Crippen molar-refractivity contribution in [1.82, 2.24) is 9.97 Å². The van der Waals surface area contributed by atoms with Gasteiger partial charge in [0.05, 0.1) is 23.3 Å². The molecule has 0 radical (unpaired) electrons. The first-order valence-corrected chi connectivity index (χ1v) is 9.32. The second-order valence-corrected chi connectivity index (χ2v) is 6.94. The summed E-state index contributed by atoms with van der Waals surface area (Å²) in [4.78, 5) is 34.4. The van der Waals surface area contributed by atoms with Crippen LogP contribution in [0.5, 0.6) is 0 Å². The van der Waals surface area contributed by atoms with Gasteiger partial charge >= 0.3 is 5.97 Å². The third kappa shape index (κ3) is 3.57. The highest BCUT2D eigenvalue weighted by atomic mass is 32.1. The van der Waals surface area contributed by atoms with Gasteiger partial charge in [-0.25, -0.2) is 9.97 Å². The first kappa shape index (κ1) is 16.7. The molecule has 132 valence electrons. The number of esters is 1. The Morgan fingerprint density at radius 1 is 1.15 bits per heavy atom. The van der Waals surface area contributed by atoms with E-state index in [0.717, 1.165) is 17.3 Å². The highest BCUT2D eigenvalue weighted by Gasteiger charge is 2.24. The molecule has 3 heterocycles. The zero-order valence-electron chi connectivity index (χ0n) is 14.1. The Balaban J connectivity index is 1.35. The Kier molecular flexibility index (Phi) is 4.62. The van der Waals surface area contributed by atoms with Gasteiger partial charge in [-0.1, -0.05) is 24.3 Å². The number of hydrogen-bond donors (Lipinski definition) is 0. The average Bonchev–Trinajstić information content (AvgIpc) is 3.28. The third-order valence-electron chi connectivity index (χ3n) is 4.21. The highest BCUT2D eigenvalue weighted by Crippen LogP contribution is 2.25. The van der Waals surface area contributed by atoms with Gasteiger partial charge in [0.1, 0.15) is 6.61 Å². The minimum absolute atomic E-state index is 0.0894. The van der Waals surface area contributed by atoms with E-state index in [1.54, 1.807) is 10.3 Å². The van der Waals surface area contributed by atoms with E-state index in [9.17, 15) is 9.59 Å². The molecule has 4 rings (SSSR count). The summed E-state index contributed by atoms with van der Waals surface area (Å²) in [7, 11) is 0. The monoisotopic (exact) mass is 367 g/mol. The minimum atomic E-state index is -0.357. The number of carbonyl (C=O) groups is 2. The van der Waals surface area contributed by atoms with Crippen LogP contribution >= 0.6 is 11.3 Å². The van der Waals surface area contributed by atoms with Crippen molar-refractivity contribution in [2.24, 2.45) is 0 Å². The minimum Gasteiger partial charge on any atom is -0.459 e. The van der Waals surface area contributed by atoms with Crippen LogP contribution in [0.2, 0.25) is 0 Å². The number of rotatable bonds is 5. The first-order valence-electron chi connectivity index (χ1n) is 8.44. The fourth-order valence-corrected chi connectivity index (χ4v) is 3.76. The lowest BCUT2D eigenvalue weighted by molar-refractivity contribution is -0.144. The number of pyridine rings is 1. The highest BCUT2D eigenvalue weighted by molar-refractivity contribution is 7.14. The Morgan fingerprint density at radius 3 is 2.88 bits per heavy atom. The van der Waals surface area contributed by atoms with Gasteiger partial charge < -0.3 is 4.74 Å². The molecule has 6 nitrogen and oxygen atoms in total. The standard InChI is InChI=1S/C19H17N3O3S/c23-17-6-3-9-22(17)19-21-15(12-26-19)10-18(24)25-11-14-8-7-13-4-1-2-5-16(13)20-14/h1-2,4-5,7-8,12H,3,6,9-11H2. The van der Waals surface area contributed by atoms with E-state index in [4.69, 9.17) is 4.74 Å². The summed E-state index contributed by atoms with van der Waals surface area (Å²) in [5, 5.41) is 3.51. The molecule has 1 fully saturated rings. The molecule has 3 aromatic rings. The number of para-hydroxylation sites is 1. The summed E-state index contributed by atoms with van der Waals surface area (Å²) in [5.74, 6) is -0.264. The Labute approximate surface area is 154 Å². The normalized spacial score (nSPS) is 14.2. The number of hydrogen-bond acceptors (Lipinski definition) is 6. The zero-order valence-corrected chi connectivity index (χ0v) is 14.9. The zero-order chi connectivity index (χ0) is 17.9. The van der Waals surface area contributed by atoms with Crippen LogP contribution in [-0.4, -0.2) is 28.4 Å². The molecule has 1 saturated heterocycles. The second kappa shape index (κ2) is 7.21. The maximum Gasteiger partial charge on any atom is 0.312 e. The van der Waals surface area contributed by atoms with Crippen molar-refractivity contribution in [3.63, 3.8) is 0 Å². The van der Waals surface area contributed by atoms with Crippen LogP contribution in [0, 0.1) is 0 Å². The van der Waals surface area contributed by atoms with Crippen molar-refractivity contribution in [2.75, 3.05) is 11.4 Å². The molecular formula is C19H17N3O3S. The maximum atomic E-state index is 12.1. The SMILES string of the molecule is O=C(Cc1csc(N2CCCC2=O)n1)OCc1ccc2ccccc2n1. The lowest BCUT2D eigenvalue weighted by atomic mass is 10.2. The molecule has 2 aromatic heterocycles. The van der Waals surface area contributed by atoms with Crippen molar-refractivity contribution in [3.05, 3.63) is 53.2 Å². The lowest BCUT2D eigenvalue weighted by Crippen LogP contribution is -2.23. The molecule has 0 saturated carbocycles. The summed E-state index contributed by atoms with van der Waals surface area (Å²) < 4.78 is 5.32. The summed E-state index contributed by atoms with van der Waals surface area (Å²) in [6.45, 7) is 0.829. The molecule has 1 aromatic carbocycles. The van der Waals surface area contributed by atoms with Crippen LogP contribution in [0.15, 0.2) is 41.8 Å². The number of carbonyl (C=O) groups excluding carboxylic acids is 2. The quantitative estimate of drug-likeness (QED) is 0.648. The Morgan fingerprint density at radius 2 is 2.04 bits per heavy atom. The molecule has 1 aliphatic heterocycles. The van der Waals surface area contributed by atoms with Crippen molar-refractivity contribution < 1.29 is 14.3 Å². The average molecular weight is 367 g/mol. The number of amides is 1. The number of benzene rings is 1. The maximum absolute atomic E-state index is 12.1. The Hall–Kier alpha value is -2.80. The van der Waals surface area contributed by atoms with Crippen LogP contribution in [-0.2, 0) is 27.4 Å². The largest absolute Gasteiger partial charge is 0.459 e. The van der Waals surface area contributed by atoms with Crippen molar-refractivity contribution in [2.45, 2.75) is 25.9 Å². The van der Waals surface area contributed by atoms with E-state index in [1.165, 1.54) is 11.3 Å². The Bertz CT molecular complexity index is 969. The smallest absolute Gasteiger partial charge is 0.312 e. The predicted molar refractivity (Wildman–Crippen MR) is 98.9 cm³/mol. The summed E-state index contributed by atoms with van der Waals surface area (Å²) >= 11 is 1.38. The molecule has 7 heteroatoms. The summed E-state index contributed by atoms with van der Waals surface area (Å²) in [5.41, 5.74) is 2.21. The molecular weight excluding hydrogens is 350 g/mol. The van der Waals surface area contributed by atoms with Crippen LogP contribution in [0.25, 0.3) is 10.9 Å². The molecule has 0 spiro atoms. The van der Waals surface area contributed by atoms with E-state index in [1.807, 2.05) is 36.4 Å². The van der Waals surface area contributed by atoms with Gasteiger partial charge in [-0.2, -0.15) is 0 Å². The van der Waals surface area contributed by atoms with Gasteiger partial charge in [-0.3, -0.25) is 14.5 Å². The first-order chi connectivity index (χ1) is 12.7. The molecule has 0 N–H and O–H groups in total. The number of aromatic nitrogens is 2. The van der Waals surface area contributed by atoms with Gasteiger partial charge in [-0.15, -0.1) is 11.3 Å². The molecule has 0 unspecified atom stereocenters. The fourth-order valence-electron chi connectivity index (χ4n) is 2.89. The van der Waals surface area contributed by atoms with Crippen LogP contribution in [0.3, 0.4) is 0 Å². The fraction of sp³-hybridized carbons (Fsp3) is 0.263. The van der Waals surface area contributed by atoms with Gasteiger partial charge in [0, 0.05) is 23.7 Å². The van der Waals surface area contributed by atoms with Gasteiger partial charge in [0.25, 0.3) is 0 Å². The van der Waals surface area contributed by atoms with Gasteiger partial charge in [0.2, 0.25) is 5.91 Å². The third-order valence-corrected chi connectivity index (χ3v) is 5.12. The molecule has 1 amide bonds. The predicted octanol–water partition coefficient (Wildman–Crippen LogP) is 3.10. The number of nitrogens with zero attached hydrogens (tertiary/aromatic N) is 3. The lowest BCUT2D eigenvalue weighted by Gasteiger charge is -2.10. The van der Waals surface area contributed by atoms with E-state index in [0.29, 0.717) is 29.5 Å². The molecule has 0 aliphatic carbocycles. The van der Waals surface area contributed by atoms with Gasteiger partial charge in [0.15, 0.2) is 5.13 Å². The number of thiazole rings is 1. The number of fused-ring (bicyclic) bond motifs is 1. The molecule has 1 aliphatic rings. The molecule has 0 bridgehead atoms. The molecule has 26 heavy (non-hydrogen) atoms. The number of ether oxygens (including phenoxy) is 1. The van der Waals surface area contributed by atoms with Crippen molar-refractivity contribution in [3.8, 4) is 0 Å². The van der Waals surface area contributed by atoms with E-state index >= 15 is 0 Å². The van der Waals surface area contributed by atoms with Crippen LogP contribution in [0.1, 0.15) is 24.2 Å². The molecule has 0 atom stereocenters. The number of anilines is 1.